The zero-order chi connectivity index (χ0) is 15.4. The second-order valence-electron chi connectivity index (χ2n) is 4.24. The van der Waals surface area contributed by atoms with Gasteiger partial charge in [-0.1, -0.05) is 12.1 Å². The Labute approximate surface area is 119 Å². The maximum absolute atomic E-state index is 13.0. The van der Waals surface area contributed by atoms with Crippen molar-refractivity contribution in [2.24, 2.45) is 0 Å². The van der Waals surface area contributed by atoms with Crippen LogP contribution < -0.4 is 5.32 Å². The molecule has 1 amide bonds. The summed E-state index contributed by atoms with van der Waals surface area (Å²) in [5.41, 5.74) is 1.99. The van der Waals surface area contributed by atoms with Gasteiger partial charge in [-0.05, 0) is 24.6 Å². The lowest BCUT2D eigenvalue weighted by Crippen LogP contribution is -2.10. The van der Waals surface area contributed by atoms with Crippen molar-refractivity contribution in [1.82, 2.24) is 10.2 Å². The first-order valence-corrected chi connectivity index (χ1v) is 6.00. The highest BCUT2D eigenvalue weighted by atomic mass is 19.1. The number of carbonyl (C=O) groups excluding carboxylic acids is 1. The molecule has 0 unspecified atom stereocenters. The number of carboxylic acids is 1. The van der Waals surface area contributed by atoms with Gasteiger partial charge in [0.15, 0.2) is 5.82 Å². The first kappa shape index (κ1) is 14.4. The van der Waals surface area contributed by atoms with Gasteiger partial charge in [-0.25, -0.2) is 9.18 Å². The molecule has 0 bridgehead atoms. The number of carbonyl (C=O) groups is 2. The summed E-state index contributed by atoms with van der Waals surface area (Å²) in [5.74, 6) is -1.96. The van der Waals surface area contributed by atoms with Crippen molar-refractivity contribution in [1.29, 1.82) is 0 Å². The van der Waals surface area contributed by atoms with Crippen LogP contribution in [0.3, 0.4) is 0 Å². The van der Waals surface area contributed by atoms with Crippen molar-refractivity contribution in [2.75, 3.05) is 5.32 Å². The molecule has 6 nitrogen and oxygen atoms in total. The van der Waals surface area contributed by atoms with Crippen molar-refractivity contribution in [2.45, 2.75) is 6.92 Å². The molecule has 0 aliphatic heterocycles. The fourth-order valence-electron chi connectivity index (χ4n) is 1.79. The highest BCUT2D eigenvalue weighted by Crippen LogP contribution is 2.29. The van der Waals surface area contributed by atoms with Crippen LogP contribution >= 0.6 is 0 Å². The molecule has 1 heterocycles. The van der Waals surface area contributed by atoms with Crippen LogP contribution in [0.1, 0.15) is 5.69 Å². The number of rotatable bonds is 4. The van der Waals surface area contributed by atoms with Crippen LogP contribution in [-0.4, -0.2) is 27.2 Å². The van der Waals surface area contributed by atoms with E-state index in [-0.39, 0.29) is 11.6 Å². The second kappa shape index (κ2) is 6.00. The molecule has 108 valence electrons. The Morgan fingerprint density at radius 2 is 1.95 bits per heavy atom. The van der Waals surface area contributed by atoms with Crippen molar-refractivity contribution in [3.05, 3.63) is 47.9 Å². The topological polar surface area (TPSA) is 95.1 Å². The molecule has 21 heavy (non-hydrogen) atoms. The Morgan fingerprint density at radius 1 is 1.29 bits per heavy atom. The minimum absolute atomic E-state index is 0.249. The Bertz CT molecular complexity index is 705. The number of nitrogens with zero attached hydrogens (tertiary/aromatic N) is 1. The molecule has 0 atom stereocenters. The molecule has 0 radical (unpaired) electrons. The normalized spacial score (nSPS) is 10.8. The maximum Gasteiger partial charge on any atom is 0.328 e. The van der Waals surface area contributed by atoms with Crippen molar-refractivity contribution < 1.29 is 19.1 Å². The van der Waals surface area contributed by atoms with Crippen molar-refractivity contribution >= 4 is 17.7 Å². The van der Waals surface area contributed by atoms with E-state index in [0.29, 0.717) is 16.8 Å². The van der Waals surface area contributed by atoms with Crippen LogP contribution in [0.25, 0.3) is 11.1 Å². The lowest BCUT2D eigenvalue weighted by molar-refractivity contribution is -0.131. The van der Waals surface area contributed by atoms with Gasteiger partial charge in [0.05, 0.1) is 0 Å². The molecule has 1 aromatic heterocycles. The zero-order valence-corrected chi connectivity index (χ0v) is 11.1. The number of carboxylic acid groups (broad SMARTS) is 1. The Morgan fingerprint density at radius 3 is 2.57 bits per heavy atom. The molecule has 0 aliphatic rings. The molecular formula is C14H12FN3O3. The van der Waals surface area contributed by atoms with E-state index in [4.69, 9.17) is 5.11 Å². The average molecular weight is 289 g/mol. The third kappa shape index (κ3) is 3.53. The van der Waals surface area contributed by atoms with Crippen LogP contribution in [0.15, 0.2) is 36.4 Å². The van der Waals surface area contributed by atoms with E-state index in [1.54, 1.807) is 19.1 Å². The largest absolute Gasteiger partial charge is 0.478 e. The molecule has 0 saturated carbocycles. The molecule has 0 spiro atoms. The third-order valence-corrected chi connectivity index (χ3v) is 2.70. The molecule has 0 fully saturated rings. The molecule has 1 aromatic carbocycles. The number of benzene rings is 1. The molecular weight excluding hydrogens is 277 g/mol. The number of aromatic amines is 1. The number of anilines is 1. The van der Waals surface area contributed by atoms with Crippen LogP contribution in [0.2, 0.25) is 0 Å². The Kier molecular flexibility index (Phi) is 4.13. The van der Waals surface area contributed by atoms with E-state index in [0.717, 1.165) is 12.2 Å². The zero-order valence-electron chi connectivity index (χ0n) is 11.1. The summed E-state index contributed by atoms with van der Waals surface area (Å²) < 4.78 is 13.0. The van der Waals surface area contributed by atoms with Gasteiger partial charge in [-0.15, -0.1) is 0 Å². The van der Waals surface area contributed by atoms with Crippen molar-refractivity contribution in [3.63, 3.8) is 0 Å². The van der Waals surface area contributed by atoms with Gasteiger partial charge in [0.2, 0.25) is 5.91 Å². The molecule has 2 rings (SSSR count). The smallest absolute Gasteiger partial charge is 0.328 e. The third-order valence-electron chi connectivity index (χ3n) is 2.70. The van der Waals surface area contributed by atoms with Gasteiger partial charge >= 0.3 is 5.97 Å². The van der Waals surface area contributed by atoms with Gasteiger partial charge < -0.3 is 10.4 Å². The lowest BCUT2D eigenvalue weighted by atomic mass is 10.1. The summed E-state index contributed by atoms with van der Waals surface area (Å²) in [5, 5.41) is 17.6. The van der Waals surface area contributed by atoms with E-state index < -0.39 is 11.9 Å². The predicted molar refractivity (Wildman–Crippen MR) is 74.1 cm³/mol. The summed E-state index contributed by atoms with van der Waals surface area (Å²) in [6.45, 7) is 1.76. The minimum atomic E-state index is -1.22. The van der Waals surface area contributed by atoms with Gasteiger partial charge in [0.25, 0.3) is 0 Å². The number of H-pyrrole nitrogens is 1. The van der Waals surface area contributed by atoms with E-state index in [9.17, 15) is 14.0 Å². The van der Waals surface area contributed by atoms with Crippen LogP contribution in [-0.2, 0) is 9.59 Å². The number of aryl methyl sites for hydroxylation is 1. The Balaban J connectivity index is 2.28. The fraction of sp³-hybridized carbons (Fsp3) is 0.0714. The van der Waals surface area contributed by atoms with E-state index >= 15 is 0 Å². The van der Waals surface area contributed by atoms with E-state index in [2.05, 4.69) is 15.5 Å². The number of hydrogen-bond donors (Lipinski definition) is 3. The SMILES string of the molecule is Cc1[nH]nc(NC(=O)/C=C/C(=O)O)c1-c1ccc(F)cc1. The number of amides is 1. The number of hydrogen-bond acceptors (Lipinski definition) is 3. The van der Waals surface area contributed by atoms with Crippen LogP contribution in [0.5, 0.6) is 0 Å². The highest BCUT2D eigenvalue weighted by molar-refractivity contribution is 6.03. The fourth-order valence-corrected chi connectivity index (χ4v) is 1.79. The van der Waals surface area contributed by atoms with Crippen LogP contribution in [0.4, 0.5) is 10.2 Å². The number of aromatic nitrogens is 2. The van der Waals surface area contributed by atoms with Gasteiger partial charge in [0, 0.05) is 23.4 Å². The quantitative estimate of drug-likeness (QED) is 0.751. The predicted octanol–water partition coefficient (Wildman–Crippen LogP) is 2.10. The summed E-state index contributed by atoms with van der Waals surface area (Å²) in [4.78, 5) is 21.9. The minimum Gasteiger partial charge on any atom is -0.478 e. The second-order valence-corrected chi connectivity index (χ2v) is 4.24. The average Bonchev–Trinajstić information content (AvgIpc) is 2.79. The van der Waals surface area contributed by atoms with Gasteiger partial charge in [-0.3, -0.25) is 9.89 Å². The molecule has 0 aliphatic carbocycles. The molecule has 7 heteroatoms. The standard InChI is InChI=1S/C14H12FN3O3/c1-8-13(9-2-4-10(15)5-3-9)14(18-17-8)16-11(19)6-7-12(20)21/h2-7H,1H3,(H,20,21)(H2,16,17,18,19)/b7-6+. The number of aliphatic carboxylic acids is 1. The first-order chi connectivity index (χ1) is 9.97. The number of halogens is 1. The highest BCUT2D eigenvalue weighted by Gasteiger charge is 2.14. The summed E-state index contributed by atoms with van der Waals surface area (Å²) in [7, 11) is 0. The number of nitrogens with one attached hydrogen (secondary N) is 2. The van der Waals surface area contributed by atoms with Crippen LogP contribution in [0, 0.1) is 12.7 Å². The molecule has 3 N–H and O–H groups in total. The lowest BCUT2D eigenvalue weighted by Gasteiger charge is -2.04. The van der Waals surface area contributed by atoms with E-state index in [1.165, 1.54) is 12.1 Å². The summed E-state index contributed by atoms with van der Waals surface area (Å²) >= 11 is 0. The van der Waals surface area contributed by atoms with Crippen molar-refractivity contribution in [3.8, 4) is 11.1 Å². The molecule has 2 aromatic rings. The molecule has 0 saturated heterocycles. The monoisotopic (exact) mass is 289 g/mol. The summed E-state index contributed by atoms with van der Waals surface area (Å²) in [6, 6.07) is 5.74. The van der Waals surface area contributed by atoms with E-state index in [1.807, 2.05) is 0 Å². The summed E-state index contributed by atoms with van der Waals surface area (Å²) in [6.07, 6.45) is 1.62. The first-order valence-electron chi connectivity index (χ1n) is 6.00. The van der Waals surface area contributed by atoms with Gasteiger partial charge in [0.1, 0.15) is 5.82 Å². The van der Waals surface area contributed by atoms with Gasteiger partial charge in [-0.2, -0.15) is 5.10 Å². The maximum atomic E-state index is 13.0. The Hall–Kier alpha value is -2.96.